The first-order valence-corrected chi connectivity index (χ1v) is 10.6. The third-order valence-electron chi connectivity index (χ3n) is 6.00. The predicted octanol–water partition coefficient (Wildman–Crippen LogP) is 2.76. The van der Waals surface area contributed by atoms with E-state index in [1.54, 1.807) is 24.0 Å². The second-order valence-corrected chi connectivity index (χ2v) is 8.28. The summed E-state index contributed by atoms with van der Waals surface area (Å²) in [6, 6.07) is 10.5. The van der Waals surface area contributed by atoms with E-state index in [1.165, 1.54) is 13.2 Å². The van der Waals surface area contributed by atoms with Gasteiger partial charge in [0.15, 0.2) is 11.5 Å². The number of methoxy groups -OCH3 is 1. The van der Waals surface area contributed by atoms with Gasteiger partial charge in [-0.25, -0.2) is 4.39 Å². The summed E-state index contributed by atoms with van der Waals surface area (Å²) in [5.74, 6) is 0.356. The summed E-state index contributed by atoms with van der Waals surface area (Å²) in [5.41, 5.74) is 2.37. The molecule has 2 aliphatic heterocycles. The van der Waals surface area contributed by atoms with Crippen molar-refractivity contribution in [2.45, 2.75) is 25.8 Å². The average molecular weight is 442 g/mol. The molecule has 7 nitrogen and oxygen atoms in total. The fourth-order valence-electron chi connectivity index (χ4n) is 4.26. The lowest BCUT2D eigenvalue weighted by atomic mass is 9.83. The van der Waals surface area contributed by atoms with Crippen LogP contribution in [-0.2, 0) is 20.9 Å². The number of likely N-dealkylation sites (tertiary alicyclic amines) is 1. The maximum atomic E-state index is 13.8. The smallest absolute Gasteiger partial charge is 0.248 e. The summed E-state index contributed by atoms with van der Waals surface area (Å²) in [6.07, 6.45) is 0.578. The van der Waals surface area contributed by atoms with E-state index in [2.05, 4.69) is 5.32 Å². The summed E-state index contributed by atoms with van der Waals surface area (Å²) < 4.78 is 29.5. The lowest BCUT2D eigenvalue weighted by Crippen LogP contribution is -2.48. The first-order chi connectivity index (χ1) is 15.4. The second-order valence-electron chi connectivity index (χ2n) is 8.28. The number of halogens is 1. The molecule has 2 aromatic carbocycles. The van der Waals surface area contributed by atoms with Crippen molar-refractivity contribution >= 4 is 11.8 Å². The molecule has 2 heterocycles. The first-order valence-electron chi connectivity index (χ1n) is 10.6. The Morgan fingerprint density at radius 1 is 1.16 bits per heavy atom. The second kappa shape index (κ2) is 9.56. The molecule has 4 rings (SSSR count). The normalized spacial score (nSPS) is 19.7. The minimum absolute atomic E-state index is 0.0410. The third-order valence-corrected chi connectivity index (χ3v) is 6.00. The fourth-order valence-corrected chi connectivity index (χ4v) is 4.26. The van der Waals surface area contributed by atoms with Crippen LogP contribution < -0.4 is 14.8 Å². The Balaban J connectivity index is 1.46. The summed E-state index contributed by atoms with van der Waals surface area (Å²) in [7, 11) is 1.47. The van der Waals surface area contributed by atoms with Crippen LogP contribution in [0.2, 0.25) is 0 Å². The Kier molecular flexibility index (Phi) is 6.60. The Morgan fingerprint density at radius 3 is 2.75 bits per heavy atom. The van der Waals surface area contributed by atoms with Crippen LogP contribution in [0.4, 0.5) is 4.39 Å². The predicted molar refractivity (Wildman–Crippen MR) is 115 cm³/mol. The molecule has 2 atom stereocenters. The highest BCUT2D eigenvalue weighted by Gasteiger charge is 2.34. The lowest BCUT2D eigenvalue weighted by Gasteiger charge is -2.37. The van der Waals surface area contributed by atoms with Crippen LogP contribution >= 0.6 is 0 Å². The summed E-state index contributed by atoms with van der Waals surface area (Å²) in [4.78, 5) is 27.2. The van der Waals surface area contributed by atoms with Crippen molar-refractivity contribution in [3.63, 3.8) is 0 Å². The molecular weight excluding hydrogens is 415 g/mol. The average Bonchev–Trinajstić information content (AvgIpc) is 3.27. The number of nitrogens with one attached hydrogen (secondary N) is 1. The summed E-state index contributed by atoms with van der Waals surface area (Å²) >= 11 is 0. The molecule has 8 heteroatoms. The van der Waals surface area contributed by atoms with Gasteiger partial charge in [0.1, 0.15) is 12.4 Å². The van der Waals surface area contributed by atoms with Gasteiger partial charge in [-0.05, 0) is 48.2 Å². The molecule has 0 spiro atoms. The highest BCUT2D eigenvalue weighted by atomic mass is 19.1. The molecule has 1 fully saturated rings. The van der Waals surface area contributed by atoms with Crippen molar-refractivity contribution in [1.82, 2.24) is 10.2 Å². The number of carbonyl (C=O) groups is 2. The summed E-state index contributed by atoms with van der Waals surface area (Å²) in [6.45, 7) is 3.01. The molecule has 0 saturated carbocycles. The number of ether oxygens (including phenoxy) is 3. The number of benzene rings is 2. The zero-order valence-electron chi connectivity index (χ0n) is 18.2. The number of nitrogens with zero attached hydrogens (tertiary/aromatic N) is 1. The minimum Gasteiger partial charge on any atom is -0.454 e. The molecule has 0 aromatic heterocycles. The fraction of sp³-hybridized carbons (Fsp3) is 0.417. The number of amides is 2. The molecule has 0 bridgehead atoms. The SMILES string of the molecule is COCC(=O)N1C[C@H](C(=O)NCc2ccc3c(c2)OCO3)C[C@@H](c2ccc(F)c(C)c2)C1. The van der Waals surface area contributed by atoms with Crippen LogP contribution in [0.3, 0.4) is 0 Å². The minimum atomic E-state index is -0.381. The van der Waals surface area contributed by atoms with Crippen LogP contribution in [0.25, 0.3) is 0 Å². The standard InChI is InChI=1S/C24H27FN2O5/c1-15-7-17(4-5-20(15)25)18-9-19(12-27(11-18)23(28)13-30-2)24(29)26-10-16-3-6-21-22(8-16)32-14-31-21/h3-8,18-19H,9-14H2,1-2H3,(H,26,29)/t18-,19-/m1/s1. The molecule has 32 heavy (non-hydrogen) atoms. The maximum absolute atomic E-state index is 13.8. The highest BCUT2D eigenvalue weighted by Crippen LogP contribution is 2.33. The zero-order chi connectivity index (χ0) is 22.7. The van der Waals surface area contributed by atoms with E-state index >= 15 is 0 Å². The summed E-state index contributed by atoms with van der Waals surface area (Å²) in [5, 5.41) is 2.98. The molecule has 2 aliphatic rings. The van der Waals surface area contributed by atoms with E-state index < -0.39 is 0 Å². The van der Waals surface area contributed by atoms with E-state index in [1.807, 2.05) is 18.2 Å². The van der Waals surface area contributed by atoms with Gasteiger partial charge in [0, 0.05) is 32.7 Å². The number of rotatable bonds is 6. The largest absolute Gasteiger partial charge is 0.454 e. The van der Waals surface area contributed by atoms with Crippen molar-refractivity contribution in [2.24, 2.45) is 5.92 Å². The van der Waals surface area contributed by atoms with Gasteiger partial charge in [-0.3, -0.25) is 9.59 Å². The molecule has 0 aliphatic carbocycles. The van der Waals surface area contributed by atoms with E-state index in [-0.39, 0.29) is 42.9 Å². The van der Waals surface area contributed by atoms with Crippen LogP contribution in [0.15, 0.2) is 36.4 Å². The molecule has 1 N–H and O–H groups in total. The van der Waals surface area contributed by atoms with Gasteiger partial charge in [-0.2, -0.15) is 0 Å². The van der Waals surface area contributed by atoms with E-state index in [9.17, 15) is 14.0 Å². The van der Waals surface area contributed by atoms with Crippen LogP contribution in [0.1, 0.15) is 29.0 Å². The quantitative estimate of drug-likeness (QED) is 0.745. The van der Waals surface area contributed by atoms with Gasteiger partial charge < -0.3 is 24.4 Å². The van der Waals surface area contributed by atoms with Gasteiger partial charge in [-0.1, -0.05) is 18.2 Å². The Morgan fingerprint density at radius 2 is 1.97 bits per heavy atom. The number of hydrogen-bond donors (Lipinski definition) is 1. The van der Waals surface area contributed by atoms with E-state index in [4.69, 9.17) is 14.2 Å². The third kappa shape index (κ3) is 4.85. The molecule has 0 unspecified atom stereocenters. The Hall–Kier alpha value is -3.13. The highest BCUT2D eigenvalue weighted by molar-refractivity contribution is 5.82. The number of hydrogen-bond acceptors (Lipinski definition) is 5. The van der Waals surface area contributed by atoms with Gasteiger partial charge in [-0.15, -0.1) is 0 Å². The number of aryl methyl sites for hydroxylation is 1. The molecule has 2 aromatic rings. The molecular formula is C24H27FN2O5. The van der Waals surface area contributed by atoms with Crippen molar-refractivity contribution < 1.29 is 28.2 Å². The molecule has 0 radical (unpaired) electrons. The van der Waals surface area contributed by atoms with Crippen LogP contribution in [-0.4, -0.2) is 50.3 Å². The van der Waals surface area contributed by atoms with Crippen molar-refractivity contribution in [3.05, 3.63) is 58.9 Å². The van der Waals surface area contributed by atoms with Crippen molar-refractivity contribution in [2.75, 3.05) is 33.6 Å². The zero-order valence-corrected chi connectivity index (χ0v) is 18.2. The van der Waals surface area contributed by atoms with Crippen LogP contribution in [0.5, 0.6) is 11.5 Å². The van der Waals surface area contributed by atoms with Crippen LogP contribution in [0, 0.1) is 18.7 Å². The maximum Gasteiger partial charge on any atom is 0.248 e. The van der Waals surface area contributed by atoms with Gasteiger partial charge in [0.05, 0.1) is 5.92 Å². The first kappa shape index (κ1) is 22.1. The van der Waals surface area contributed by atoms with Gasteiger partial charge in [0.25, 0.3) is 0 Å². The van der Waals surface area contributed by atoms with Gasteiger partial charge in [0.2, 0.25) is 18.6 Å². The Labute approximate surface area is 186 Å². The van der Waals surface area contributed by atoms with E-state index in [0.29, 0.717) is 43.1 Å². The van der Waals surface area contributed by atoms with Gasteiger partial charge >= 0.3 is 0 Å². The van der Waals surface area contributed by atoms with E-state index in [0.717, 1.165) is 11.1 Å². The molecule has 2 amide bonds. The van der Waals surface area contributed by atoms with Crippen molar-refractivity contribution in [1.29, 1.82) is 0 Å². The lowest BCUT2D eigenvalue weighted by molar-refractivity contribution is -0.139. The van der Waals surface area contributed by atoms with Crippen molar-refractivity contribution in [3.8, 4) is 11.5 Å². The molecule has 1 saturated heterocycles. The number of piperidine rings is 1. The number of carbonyl (C=O) groups excluding carboxylic acids is 2. The monoisotopic (exact) mass is 442 g/mol. The Bertz CT molecular complexity index is 1010. The topological polar surface area (TPSA) is 77.1 Å². The molecule has 170 valence electrons. The number of fused-ring (bicyclic) bond motifs is 1.